The molecule has 0 N–H and O–H groups in total. The summed E-state index contributed by atoms with van der Waals surface area (Å²) in [5, 5.41) is 0. The number of hydrogen-bond donors (Lipinski definition) is 0. The molecule has 0 aliphatic carbocycles. The van der Waals surface area contributed by atoms with Crippen LogP contribution in [0.3, 0.4) is 0 Å². The summed E-state index contributed by atoms with van der Waals surface area (Å²) in [7, 11) is 0. The highest BCUT2D eigenvalue weighted by atomic mass is 16.5. The lowest BCUT2D eigenvalue weighted by atomic mass is 10.0. The van der Waals surface area contributed by atoms with E-state index in [0.717, 1.165) is 25.6 Å². The summed E-state index contributed by atoms with van der Waals surface area (Å²) in [5.74, 6) is 1.08. The minimum Gasteiger partial charge on any atom is -0.478 e. The van der Waals surface area contributed by atoms with Crippen molar-refractivity contribution in [2.24, 2.45) is 0 Å². The van der Waals surface area contributed by atoms with Crippen molar-refractivity contribution in [3.63, 3.8) is 0 Å². The summed E-state index contributed by atoms with van der Waals surface area (Å²) < 4.78 is 5.75. The van der Waals surface area contributed by atoms with Crippen LogP contribution in [0.25, 0.3) is 0 Å². The van der Waals surface area contributed by atoms with Crippen molar-refractivity contribution in [1.82, 2.24) is 4.90 Å². The van der Waals surface area contributed by atoms with Crippen LogP contribution in [0.4, 0.5) is 0 Å². The topological polar surface area (TPSA) is 12.5 Å². The van der Waals surface area contributed by atoms with E-state index in [1.54, 1.807) is 0 Å². The maximum absolute atomic E-state index is 5.75. The highest BCUT2D eigenvalue weighted by Crippen LogP contribution is 2.26. The molecule has 1 aromatic carbocycles. The zero-order chi connectivity index (χ0) is 11.4. The first-order valence-electron chi connectivity index (χ1n) is 6.30. The second-order valence-corrected chi connectivity index (χ2v) is 4.52. The number of hydrogen-bond acceptors (Lipinski definition) is 2. The third-order valence-corrected chi connectivity index (χ3v) is 3.00. The summed E-state index contributed by atoms with van der Waals surface area (Å²) in [5.41, 5.74) is 2.79. The molecule has 1 aliphatic heterocycles. The molecule has 0 unspecified atom stereocenters. The number of nitrogens with zero attached hydrogens (tertiary/aromatic N) is 1. The first-order valence-corrected chi connectivity index (χ1v) is 6.30. The third-order valence-electron chi connectivity index (χ3n) is 3.00. The van der Waals surface area contributed by atoms with E-state index in [0.29, 0.717) is 0 Å². The maximum Gasteiger partial charge on any atom is 0.142 e. The molecule has 1 aliphatic rings. The normalized spacial score (nSPS) is 15.6. The number of rotatable bonds is 4. The van der Waals surface area contributed by atoms with Crippen LogP contribution in [0.2, 0.25) is 0 Å². The predicted octanol–water partition coefficient (Wildman–Crippen LogP) is 3.20. The Balaban J connectivity index is 2.12. The fraction of sp³-hybridized carbons (Fsp3) is 0.571. The molecule has 2 rings (SSSR count). The highest BCUT2D eigenvalue weighted by molar-refractivity contribution is 5.38. The van der Waals surface area contributed by atoms with Crippen molar-refractivity contribution in [1.29, 1.82) is 0 Å². The van der Waals surface area contributed by atoms with Crippen molar-refractivity contribution in [2.75, 3.05) is 13.3 Å². The third kappa shape index (κ3) is 2.56. The number of benzene rings is 1. The summed E-state index contributed by atoms with van der Waals surface area (Å²) >= 11 is 0. The van der Waals surface area contributed by atoms with Gasteiger partial charge in [0, 0.05) is 18.7 Å². The Morgan fingerprint density at radius 3 is 2.88 bits per heavy atom. The lowest BCUT2D eigenvalue weighted by molar-refractivity contribution is 0.0954. The van der Waals surface area contributed by atoms with Gasteiger partial charge in [-0.05, 0) is 24.5 Å². The highest BCUT2D eigenvalue weighted by Gasteiger charge is 2.16. The van der Waals surface area contributed by atoms with E-state index in [1.165, 1.54) is 30.4 Å². The molecule has 1 heterocycles. The molecule has 0 aromatic heterocycles. The summed E-state index contributed by atoms with van der Waals surface area (Å²) in [6.07, 6.45) is 3.56. The van der Waals surface area contributed by atoms with Crippen LogP contribution in [0.1, 0.15) is 37.8 Å². The average molecular weight is 219 g/mol. The van der Waals surface area contributed by atoms with Gasteiger partial charge in [0.25, 0.3) is 0 Å². The molecule has 1 aromatic rings. The molecule has 88 valence electrons. The summed E-state index contributed by atoms with van der Waals surface area (Å²) in [6, 6.07) is 6.63. The van der Waals surface area contributed by atoms with Crippen molar-refractivity contribution >= 4 is 0 Å². The van der Waals surface area contributed by atoms with Crippen LogP contribution in [0.15, 0.2) is 18.2 Å². The van der Waals surface area contributed by atoms with Crippen LogP contribution in [0.5, 0.6) is 5.75 Å². The van der Waals surface area contributed by atoms with E-state index in [4.69, 9.17) is 4.74 Å². The molecule has 0 amide bonds. The molecule has 0 saturated heterocycles. The van der Waals surface area contributed by atoms with Crippen LogP contribution < -0.4 is 4.74 Å². The van der Waals surface area contributed by atoms with E-state index in [2.05, 4.69) is 36.9 Å². The minimum atomic E-state index is 0.744. The quantitative estimate of drug-likeness (QED) is 0.771. The van der Waals surface area contributed by atoms with Crippen molar-refractivity contribution < 1.29 is 4.74 Å². The van der Waals surface area contributed by atoms with Crippen LogP contribution in [0, 0.1) is 0 Å². The zero-order valence-corrected chi connectivity index (χ0v) is 10.3. The van der Waals surface area contributed by atoms with E-state index < -0.39 is 0 Å². The van der Waals surface area contributed by atoms with Gasteiger partial charge in [0.1, 0.15) is 12.5 Å². The molecule has 0 radical (unpaired) electrons. The lowest BCUT2D eigenvalue weighted by Gasteiger charge is -2.28. The van der Waals surface area contributed by atoms with Crippen molar-refractivity contribution in [3.8, 4) is 5.75 Å². The zero-order valence-electron chi connectivity index (χ0n) is 10.3. The molecular formula is C14H21NO. The van der Waals surface area contributed by atoms with E-state index in [-0.39, 0.29) is 0 Å². The Hall–Kier alpha value is -1.02. The lowest BCUT2D eigenvalue weighted by Crippen LogP contribution is -2.32. The van der Waals surface area contributed by atoms with E-state index >= 15 is 0 Å². The summed E-state index contributed by atoms with van der Waals surface area (Å²) in [4.78, 5) is 2.36. The molecule has 2 heteroatoms. The largest absolute Gasteiger partial charge is 0.478 e. The van der Waals surface area contributed by atoms with Gasteiger partial charge in [-0.25, -0.2) is 0 Å². The SMILES string of the molecule is CCCc1ccc2c(c1)CN(CCC)CO2. The number of ether oxygens (including phenoxy) is 1. The van der Waals surface area contributed by atoms with Crippen LogP contribution in [-0.4, -0.2) is 18.2 Å². The van der Waals surface area contributed by atoms with Gasteiger partial charge in [-0.1, -0.05) is 32.4 Å². The monoisotopic (exact) mass is 219 g/mol. The molecular weight excluding hydrogens is 198 g/mol. The first-order chi connectivity index (χ1) is 7.83. The molecule has 16 heavy (non-hydrogen) atoms. The van der Waals surface area contributed by atoms with Gasteiger partial charge in [0.05, 0.1) is 0 Å². The van der Waals surface area contributed by atoms with E-state index in [9.17, 15) is 0 Å². The van der Waals surface area contributed by atoms with Crippen molar-refractivity contribution in [3.05, 3.63) is 29.3 Å². The van der Waals surface area contributed by atoms with Gasteiger partial charge in [0.2, 0.25) is 0 Å². The smallest absolute Gasteiger partial charge is 0.142 e. The fourth-order valence-electron chi connectivity index (χ4n) is 2.25. The molecule has 0 bridgehead atoms. The van der Waals surface area contributed by atoms with Gasteiger partial charge in [0.15, 0.2) is 0 Å². The first kappa shape index (κ1) is 11.5. The number of fused-ring (bicyclic) bond motifs is 1. The van der Waals surface area contributed by atoms with Gasteiger partial charge in [-0.15, -0.1) is 0 Å². The Morgan fingerprint density at radius 2 is 2.12 bits per heavy atom. The fourth-order valence-corrected chi connectivity index (χ4v) is 2.25. The van der Waals surface area contributed by atoms with Gasteiger partial charge >= 0.3 is 0 Å². The average Bonchev–Trinajstić information content (AvgIpc) is 2.29. The maximum atomic E-state index is 5.75. The standard InChI is InChI=1S/C14H21NO/c1-3-5-12-6-7-14-13(9-12)10-15(8-4-2)11-16-14/h6-7,9H,3-5,8,10-11H2,1-2H3. The van der Waals surface area contributed by atoms with Crippen LogP contribution >= 0.6 is 0 Å². The molecule has 0 saturated carbocycles. The van der Waals surface area contributed by atoms with Gasteiger partial charge < -0.3 is 4.74 Å². The minimum absolute atomic E-state index is 0.744. The Bertz CT molecular complexity index is 349. The molecule has 0 atom stereocenters. The molecule has 2 nitrogen and oxygen atoms in total. The molecule has 0 fully saturated rings. The van der Waals surface area contributed by atoms with Crippen LogP contribution in [-0.2, 0) is 13.0 Å². The Morgan fingerprint density at radius 1 is 1.25 bits per heavy atom. The number of aryl methyl sites for hydroxylation is 1. The Kier molecular flexibility index (Phi) is 3.83. The predicted molar refractivity (Wildman–Crippen MR) is 66.6 cm³/mol. The Labute approximate surface area is 98.2 Å². The molecule has 0 spiro atoms. The van der Waals surface area contributed by atoms with Gasteiger partial charge in [-0.3, -0.25) is 4.90 Å². The van der Waals surface area contributed by atoms with Crippen molar-refractivity contribution in [2.45, 2.75) is 39.7 Å². The second-order valence-electron chi connectivity index (χ2n) is 4.52. The van der Waals surface area contributed by atoms with E-state index in [1.807, 2.05) is 0 Å². The second kappa shape index (κ2) is 5.35. The van der Waals surface area contributed by atoms with Gasteiger partial charge in [-0.2, -0.15) is 0 Å². The summed E-state index contributed by atoms with van der Waals surface area (Å²) in [6.45, 7) is 7.34.